The molecule has 35 heavy (non-hydrogen) atoms. The summed E-state index contributed by atoms with van der Waals surface area (Å²) < 4.78 is 26.1. The van der Waals surface area contributed by atoms with Crippen molar-refractivity contribution >= 4 is 23.5 Å². The van der Waals surface area contributed by atoms with Gasteiger partial charge in [-0.05, 0) is 36.8 Å². The molecule has 0 spiro atoms. The van der Waals surface area contributed by atoms with Crippen LogP contribution >= 0.6 is 11.8 Å². The Labute approximate surface area is 209 Å². The van der Waals surface area contributed by atoms with Gasteiger partial charge in [-0.2, -0.15) is 11.8 Å². The maximum Gasteiger partial charge on any atom is 0.336 e. The second kappa shape index (κ2) is 11.1. The van der Waals surface area contributed by atoms with Crippen molar-refractivity contribution in [3.63, 3.8) is 0 Å². The number of carbonyl (C=O) groups is 2. The number of ether oxygens (including phenoxy) is 2. The van der Waals surface area contributed by atoms with Crippen LogP contribution in [-0.2, 0) is 14.3 Å². The Morgan fingerprint density at radius 2 is 1.83 bits per heavy atom. The number of ketones is 1. The van der Waals surface area contributed by atoms with Gasteiger partial charge in [0.15, 0.2) is 5.78 Å². The molecular formula is C28H30FNO4S. The van der Waals surface area contributed by atoms with Crippen molar-refractivity contribution in [2.45, 2.75) is 38.5 Å². The molecule has 1 N–H and O–H groups in total. The average molecular weight is 496 g/mol. The van der Waals surface area contributed by atoms with Crippen LogP contribution in [0.1, 0.15) is 49.7 Å². The molecule has 0 aromatic heterocycles. The Morgan fingerprint density at radius 3 is 2.54 bits per heavy atom. The van der Waals surface area contributed by atoms with E-state index in [1.54, 1.807) is 44.0 Å². The van der Waals surface area contributed by atoms with E-state index < -0.39 is 17.7 Å². The molecular weight excluding hydrogens is 465 g/mol. The van der Waals surface area contributed by atoms with Gasteiger partial charge in [-0.1, -0.05) is 43.3 Å². The van der Waals surface area contributed by atoms with Crippen LogP contribution in [0.2, 0.25) is 0 Å². The molecule has 0 saturated heterocycles. The van der Waals surface area contributed by atoms with Crippen molar-refractivity contribution in [1.82, 2.24) is 5.32 Å². The molecule has 2 aromatic carbocycles. The van der Waals surface area contributed by atoms with E-state index >= 15 is 4.39 Å². The van der Waals surface area contributed by atoms with Crippen LogP contribution in [0.3, 0.4) is 0 Å². The molecule has 0 fully saturated rings. The highest BCUT2D eigenvalue weighted by Crippen LogP contribution is 2.47. The van der Waals surface area contributed by atoms with E-state index in [1.165, 1.54) is 6.07 Å². The van der Waals surface area contributed by atoms with Crippen LogP contribution in [-0.4, -0.2) is 37.0 Å². The number of dihydropyridines is 1. The summed E-state index contributed by atoms with van der Waals surface area (Å²) >= 11 is 1.67. The summed E-state index contributed by atoms with van der Waals surface area (Å²) in [5.74, 6) is 0.357. The third-order valence-electron chi connectivity index (χ3n) is 6.51. The molecule has 0 bridgehead atoms. The lowest BCUT2D eigenvalue weighted by atomic mass is 9.71. The van der Waals surface area contributed by atoms with E-state index in [2.05, 4.69) is 5.32 Å². The summed E-state index contributed by atoms with van der Waals surface area (Å²) in [4.78, 5) is 26.9. The van der Waals surface area contributed by atoms with Crippen LogP contribution in [0.4, 0.5) is 4.39 Å². The molecule has 1 aliphatic carbocycles. The SMILES string of the molecule is CCSCCOC(=O)C1=C(C)NC2=C(C(=O)C[C@@H](c3ccccc3OC)C2)[C@H]1c1ccccc1F. The predicted octanol–water partition coefficient (Wildman–Crippen LogP) is 5.49. The number of carbonyl (C=O) groups excluding carboxylic acids is 2. The van der Waals surface area contributed by atoms with Crippen molar-refractivity contribution in [1.29, 1.82) is 0 Å². The fourth-order valence-corrected chi connectivity index (χ4v) is 5.46. The molecule has 4 rings (SSSR count). The van der Waals surface area contributed by atoms with Crippen LogP contribution < -0.4 is 10.1 Å². The smallest absolute Gasteiger partial charge is 0.336 e. The average Bonchev–Trinajstić information content (AvgIpc) is 2.86. The summed E-state index contributed by atoms with van der Waals surface area (Å²) in [6.07, 6.45) is 0.805. The van der Waals surface area contributed by atoms with E-state index in [1.807, 2.05) is 31.2 Å². The normalized spacial score (nSPS) is 19.8. The number of hydrogen-bond acceptors (Lipinski definition) is 6. The predicted molar refractivity (Wildman–Crippen MR) is 136 cm³/mol. The van der Waals surface area contributed by atoms with Gasteiger partial charge in [-0.3, -0.25) is 4.79 Å². The van der Waals surface area contributed by atoms with Crippen molar-refractivity contribution in [2.75, 3.05) is 25.2 Å². The number of benzene rings is 2. The number of Topliss-reactive ketones (excluding diaryl/α,β-unsaturated/α-hetero) is 1. The van der Waals surface area contributed by atoms with Gasteiger partial charge in [-0.25, -0.2) is 9.18 Å². The second-order valence-corrected chi connectivity index (χ2v) is 10.0. The molecule has 0 unspecified atom stereocenters. The number of hydrogen-bond donors (Lipinski definition) is 1. The topological polar surface area (TPSA) is 64.6 Å². The number of nitrogens with one attached hydrogen (secondary N) is 1. The van der Waals surface area contributed by atoms with Crippen LogP contribution in [0.5, 0.6) is 5.75 Å². The van der Waals surface area contributed by atoms with Crippen LogP contribution in [0, 0.1) is 5.82 Å². The lowest BCUT2D eigenvalue weighted by Gasteiger charge is -2.37. The lowest BCUT2D eigenvalue weighted by Crippen LogP contribution is -2.36. The summed E-state index contributed by atoms with van der Waals surface area (Å²) in [5, 5.41) is 3.31. The summed E-state index contributed by atoms with van der Waals surface area (Å²) in [6.45, 7) is 4.08. The Morgan fingerprint density at radius 1 is 1.11 bits per heavy atom. The maximum atomic E-state index is 15.1. The van der Waals surface area contributed by atoms with Gasteiger partial charge in [0.2, 0.25) is 0 Å². The Kier molecular flexibility index (Phi) is 7.96. The minimum Gasteiger partial charge on any atom is -0.496 e. The monoisotopic (exact) mass is 495 g/mol. The van der Waals surface area contributed by atoms with E-state index in [9.17, 15) is 9.59 Å². The van der Waals surface area contributed by atoms with Gasteiger partial charge < -0.3 is 14.8 Å². The zero-order valence-corrected chi connectivity index (χ0v) is 21.0. The first-order valence-electron chi connectivity index (χ1n) is 11.8. The molecule has 7 heteroatoms. The molecule has 2 aromatic rings. The van der Waals surface area contributed by atoms with Crippen molar-refractivity contribution in [2.24, 2.45) is 0 Å². The number of halogens is 1. The van der Waals surface area contributed by atoms with Crippen LogP contribution in [0.15, 0.2) is 71.1 Å². The quantitative estimate of drug-likeness (QED) is 0.386. The van der Waals surface area contributed by atoms with Crippen molar-refractivity contribution in [3.05, 3.63) is 88.0 Å². The molecule has 1 heterocycles. The van der Waals surface area contributed by atoms with Crippen molar-refractivity contribution < 1.29 is 23.5 Å². The molecule has 0 saturated carbocycles. The third-order valence-corrected chi connectivity index (χ3v) is 7.37. The Hall–Kier alpha value is -3.06. The minimum atomic E-state index is -0.815. The third kappa shape index (κ3) is 5.15. The summed E-state index contributed by atoms with van der Waals surface area (Å²) in [7, 11) is 1.62. The zero-order chi connectivity index (χ0) is 24.9. The van der Waals surface area contributed by atoms with E-state index in [4.69, 9.17) is 9.47 Å². The number of rotatable bonds is 8. The summed E-state index contributed by atoms with van der Waals surface area (Å²) in [5.41, 5.74) is 3.31. The van der Waals surface area contributed by atoms with Gasteiger partial charge in [0, 0.05) is 40.6 Å². The fourth-order valence-electron chi connectivity index (χ4n) is 4.97. The van der Waals surface area contributed by atoms with E-state index in [0.29, 0.717) is 34.6 Å². The standard InChI is InChI=1S/C28H30FNO4S/c1-4-35-14-13-34-28(32)25-17(2)30-22-15-18(19-9-6-8-12-24(19)33-3)16-23(31)27(22)26(25)20-10-5-7-11-21(20)29/h5-12,18,26,30H,4,13-16H2,1-3H3/t18-,26-/m0/s1. The Bertz CT molecular complexity index is 1190. The number of esters is 1. The first kappa shape index (κ1) is 25.0. The largest absolute Gasteiger partial charge is 0.496 e. The van der Waals surface area contributed by atoms with Gasteiger partial charge in [0.05, 0.1) is 18.6 Å². The van der Waals surface area contributed by atoms with Gasteiger partial charge in [-0.15, -0.1) is 0 Å². The first-order chi connectivity index (χ1) is 17.0. The maximum absolute atomic E-state index is 15.1. The first-order valence-corrected chi connectivity index (χ1v) is 13.0. The molecule has 2 atom stereocenters. The van der Waals surface area contributed by atoms with Crippen molar-refractivity contribution in [3.8, 4) is 5.75 Å². The highest BCUT2D eigenvalue weighted by Gasteiger charge is 2.42. The molecule has 0 radical (unpaired) electrons. The highest BCUT2D eigenvalue weighted by molar-refractivity contribution is 7.99. The zero-order valence-electron chi connectivity index (χ0n) is 20.2. The number of para-hydroxylation sites is 1. The molecule has 0 amide bonds. The van der Waals surface area contributed by atoms with E-state index in [0.717, 1.165) is 22.8 Å². The minimum absolute atomic E-state index is 0.0847. The number of thioether (sulfide) groups is 1. The number of methoxy groups -OCH3 is 1. The molecule has 184 valence electrons. The molecule has 2 aliphatic rings. The molecule has 1 aliphatic heterocycles. The number of allylic oxidation sites excluding steroid dienone is 3. The van der Waals surface area contributed by atoms with Gasteiger partial charge in [0.1, 0.15) is 18.2 Å². The lowest BCUT2D eigenvalue weighted by molar-refractivity contribution is -0.138. The second-order valence-electron chi connectivity index (χ2n) is 8.61. The van der Waals surface area contributed by atoms with Crippen LogP contribution in [0.25, 0.3) is 0 Å². The fraction of sp³-hybridized carbons (Fsp3) is 0.357. The highest BCUT2D eigenvalue weighted by atomic mass is 32.2. The van der Waals surface area contributed by atoms with E-state index in [-0.39, 0.29) is 24.7 Å². The molecule has 5 nitrogen and oxygen atoms in total. The summed E-state index contributed by atoms with van der Waals surface area (Å²) in [6, 6.07) is 14.0. The van der Waals surface area contributed by atoms with Gasteiger partial charge >= 0.3 is 5.97 Å². The van der Waals surface area contributed by atoms with Gasteiger partial charge in [0.25, 0.3) is 0 Å². The Balaban J connectivity index is 1.74.